The molecule has 5 heteroatoms. The second kappa shape index (κ2) is 3.95. The molecule has 68 valence electrons. The van der Waals surface area contributed by atoms with Gasteiger partial charge in [-0.25, -0.2) is 4.31 Å². The molecule has 0 aromatic heterocycles. The van der Waals surface area contributed by atoms with Gasteiger partial charge in [-0.1, -0.05) is 31.0 Å². The molecule has 1 aromatic rings. The van der Waals surface area contributed by atoms with Crippen molar-refractivity contribution in [3.63, 3.8) is 0 Å². The molecule has 0 spiro atoms. The summed E-state index contributed by atoms with van der Waals surface area (Å²) in [6.45, 7) is 0. The van der Waals surface area contributed by atoms with Crippen LogP contribution in [0.4, 0.5) is 5.69 Å². The average Bonchev–Trinajstić information content (AvgIpc) is 2.17. The maximum absolute atomic E-state index is 11.0. The Morgan fingerprint density at radius 2 is 1.77 bits per heavy atom. The SMILES string of the molecule is NC(=O)C(=O)N(S)c1ccccc1. The summed E-state index contributed by atoms with van der Waals surface area (Å²) in [5, 5.41) is 0. The molecule has 2 amide bonds. The molecule has 2 N–H and O–H groups in total. The standard InChI is InChI=1S/C8H8N2O2S/c9-7(11)8(12)10(13)6-4-2-1-3-5-6/h1-5,13H,(H2,9,11). The van der Waals surface area contributed by atoms with Crippen LogP contribution in [-0.2, 0) is 9.59 Å². The van der Waals surface area contributed by atoms with Crippen LogP contribution in [0.5, 0.6) is 0 Å². The number of nitrogens with two attached hydrogens (primary N) is 1. The number of rotatable bonds is 1. The Labute approximate surface area is 80.9 Å². The summed E-state index contributed by atoms with van der Waals surface area (Å²) in [6, 6.07) is 8.54. The number of hydrogen-bond donors (Lipinski definition) is 2. The van der Waals surface area contributed by atoms with Gasteiger partial charge in [0.25, 0.3) is 0 Å². The first-order valence-corrected chi connectivity index (χ1v) is 3.90. The van der Waals surface area contributed by atoms with E-state index in [1.165, 1.54) is 0 Å². The number of nitrogens with zero attached hydrogens (tertiary/aromatic N) is 1. The summed E-state index contributed by atoms with van der Waals surface area (Å²) >= 11 is 3.84. The van der Waals surface area contributed by atoms with Gasteiger partial charge in [-0.05, 0) is 12.1 Å². The van der Waals surface area contributed by atoms with Crippen molar-refractivity contribution in [3.8, 4) is 0 Å². The number of thiol groups is 1. The van der Waals surface area contributed by atoms with Gasteiger partial charge >= 0.3 is 11.8 Å². The van der Waals surface area contributed by atoms with Gasteiger partial charge in [0.2, 0.25) is 0 Å². The van der Waals surface area contributed by atoms with E-state index in [0.29, 0.717) is 5.69 Å². The number of carbonyl (C=O) groups is 2. The first kappa shape index (κ1) is 9.60. The van der Waals surface area contributed by atoms with E-state index in [-0.39, 0.29) is 0 Å². The Hall–Kier alpha value is -1.49. The molecule has 1 rings (SSSR count). The van der Waals surface area contributed by atoms with E-state index in [2.05, 4.69) is 12.8 Å². The van der Waals surface area contributed by atoms with Crippen molar-refractivity contribution in [1.29, 1.82) is 0 Å². The lowest BCUT2D eigenvalue weighted by molar-refractivity contribution is -0.134. The van der Waals surface area contributed by atoms with Crippen LogP contribution >= 0.6 is 12.8 Å². The average molecular weight is 196 g/mol. The quantitative estimate of drug-likeness (QED) is 0.503. The molecule has 0 radical (unpaired) electrons. The number of amides is 2. The third kappa shape index (κ3) is 2.22. The fourth-order valence-electron chi connectivity index (χ4n) is 0.791. The first-order valence-electron chi connectivity index (χ1n) is 3.50. The number of carbonyl (C=O) groups excluding carboxylic acids is 2. The fraction of sp³-hybridized carbons (Fsp3) is 0. The van der Waals surface area contributed by atoms with Gasteiger partial charge in [0.1, 0.15) is 0 Å². The molecule has 0 fully saturated rings. The van der Waals surface area contributed by atoms with Crippen molar-refractivity contribution in [2.75, 3.05) is 4.31 Å². The molecule has 0 aliphatic carbocycles. The molecule has 0 aliphatic heterocycles. The van der Waals surface area contributed by atoms with E-state index in [1.807, 2.05) is 0 Å². The normalized spacial score (nSPS) is 9.31. The molecule has 0 bridgehead atoms. The van der Waals surface area contributed by atoms with Crippen LogP contribution in [0.1, 0.15) is 0 Å². The van der Waals surface area contributed by atoms with Crippen molar-refractivity contribution < 1.29 is 9.59 Å². The molecule has 0 unspecified atom stereocenters. The highest BCUT2D eigenvalue weighted by atomic mass is 32.1. The molecule has 0 saturated heterocycles. The largest absolute Gasteiger partial charge is 0.361 e. The predicted octanol–water partition coefficient (Wildman–Crippen LogP) is 0.350. The molecule has 0 heterocycles. The van der Waals surface area contributed by atoms with Crippen molar-refractivity contribution in [1.82, 2.24) is 0 Å². The molecule has 13 heavy (non-hydrogen) atoms. The zero-order chi connectivity index (χ0) is 9.84. The maximum atomic E-state index is 11.0. The number of anilines is 1. The molecular weight excluding hydrogens is 188 g/mol. The van der Waals surface area contributed by atoms with Crippen molar-refractivity contribution >= 4 is 30.3 Å². The second-order valence-electron chi connectivity index (χ2n) is 2.32. The predicted molar refractivity (Wildman–Crippen MR) is 52.1 cm³/mol. The lowest BCUT2D eigenvalue weighted by atomic mass is 10.3. The highest BCUT2D eigenvalue weighted by Crippen LogP contribution is 2.14. The summed E-state index contributed by atoms with van der Waals surface area (Å²) < 4.78 is 0.905. The summed E-state index contributed by atoms with van der Waals surface area (Å²) in [4.78, 5) is 21.5. The molecule has 1 aromatic carbocycles. The van der Waals surface area contributed by atoms with Crippen LogP contribution in [-0.4, -0.2) is 11.8 Å². The van der Waals surface area contributed by atoms with Gasteiger partial charge in [0, 0.05) is 0 Å². The molecule has 4 nitrogen and oxygen atoms in total. The summed E-state index contributed by atoms with van der Waals surface area (Å²) in [6.07, 6.45) is 0. The van der Waals surface area contributed by atoms with Gasteiger partial charge in [-0.3, -0.25) is 9.59 Å². The highest BCUT2D eigenvalue weighted by Gasteiger charge is 2.16. The number of primary amides is 1. The number of para-hydroxylation sites is 1. The Balaban J connectivity index is 2.86. The van der Waals surface area contributed by atoms with E-state index in [1.54, 1.807) is 30.3 Å². The Bertz CT molecular complexity index is 326. The van der Waals surface area contributed by atoms with E-state index in [9.17, 15) is 9.59 Å². The summed E-state index contributed by atoms with van der Waals surface area (Å²) in [5.74, 6) is -1.88. The topological polar surface area (TPSA) is 63.4 Å². The molecule has 0 aliphatic rings. The van der Waals surface area contributed by atoms with Gasteiger partial charge in [-0.15, -0.1) is 0 Å². The zero-order valence-electron chi connectivity index (χ0n) is 6.68. The minimum Gasteiger partial charge on any atom is -0.361 e. The van der Waals surface area contributed by atoms with Crippen molar-refractivity contribution in [3.05, 3.63) is 30.3 Å². The zero-order valence-corrected chi connectivity index (χ0v) is 7.57. The lowest BCUT2D eigenvalue weighted by Gasteiger charge is -2.12. The minimum atomic E-state index is -1.03. The van der Waals surface area contributed by atoms with Crippen LogP contribution in [0.3, 0.4) is 0 Å². The van der Waals surface area contributed by atoms with E-state index >= 15 is 0 Å². The van der Waals surface area contributed by atoms with Gasteiger partial charge < -0.3 is 5.73 Å². The Morgan fingerprint density at radius 1 is 1.23 bits per heavy atom. The lowest BCUT2D eigenvalue weighted by Crippen LogP contribution is -2.34. The fourth-order valence-corrected chi connectivity index (χ4v) is 1.02. The first-order chi connectivity index (χ1) is 6.13. The Kier molecular flexibility index (Phi) is 2.92. The molecule has 0 saturated carbocycles. The summed E-state index contributed by atoms with van der Waals surface area (Å²) in [5.41, 5.74) is 5.30. The van der Waals surface area contributed by atoms with E-state index < -0.39 is 11.8 Å². The second-order valence-corrected chi connectivity index (χ2v) is 2.72. The Morgan fingerprint density at radius 3 is 2.23 bits per heavy atom. The monoisotopic (exact) mass is 196 g/mol. The third-order valence-corrected chi connectivity index (χ3v) is 1.82. The summed E-state index contributed by atoms with van der Waals surface area (Å²) in [7, 11) is 0. The smallest absolute Gasteiger partial charge is 0.325 e. The van der Waals surface area contributed by atoms with Gasteiger partial charge in [0.15, 0.2) is 0 Å². The maximum Gasteiger partial charge on any atom is 0.325 e. The van der Waals surface area contributed by atoms with Crippen molar-refractivity contribution in [2.24, 2.45) is 5.73 Å². The van der Waals surface area contributed by atoms with E-state index in [4.69, 9.17) is 5.73 Å². The number of benzene rings is 1. The van der Waals surface area contributed by atoms with E-state index in [0.717, 1.165) is 4.31 Å². The van der Waals surface area contributed by atoms with Gasteiger partial charge in [0.05, 0.1) is 5.69 Å². The van der Waals surface area contributed by atoms with Crippen LogP contribution in [0.15, 0.2) is 30.3 Å². The minimum absolute atomic E-state index is 0.509. The van der Waals surface area contributed by atoms with Crippen molar-refractivity contribution in [2.45, 2.75) is 0 Å². The molecular formula is C8H8N2O2S. The van der Waals surface area contributed by atoms with Crippen LogP contribution in [0, 0.1) is 0 Å². The molecule has 0 atom stereocenters. The third-order valence-electron chi connectivity index (χ3n) is 1.40. The van der Waals surface area contributed by atoms with Crippen LogP contribution < -0.4 is 10.0 Å². The highest BCUT2D eigenvalue weighted by molar-refractivity contribution is 7.82. The van der Waals surface area contributed by atoms with Crippen LogP contribution in [0.25, 0.3) is 0 Å². The van der Waals surface area contributed by atoms with Gasteiger partial charge in [-0.2, -0.15) is 0 Å². The number of hydrogen-bond acceptors (Lipinski definition) is 3. The van der Waals surface area contributed by atoms with Crippen LogP contribution in [0.2, 0.25) is 0 Å².